The molecule has 8 heteroatoms. The number of anilines is 2. The van der Waals surface area contributed by atoms with Crippen LogP contribution in [0.2, 0.25) is 0 Å². The largest absolute Gasteiger partial charge is 0.369 e. The van der Waals surface area contributed by atoms with E-state index >= 15 is 0 Å². The molecule has 4 rings (SSSR count). The Kier molecular flexibility index (Phi) is 5.82. The van der Waals surface area contributed by atoms with Crippen LogP contribution >= 0.6 is 0 Å². The third kappa shape index (κ3) is 4.59. The Morgan fingerprint density at radius 1 is 0.793 bits per heavy atom. The van der Waals surface area contributed by atoms with E-state index in [2.05, 4.69) is 38.7 Å². The van der Waals surface area contributed by atoms with Gasteiger partial charge in [-0.15, -0.1) is 0 Å². The van der Waals surface area contributed by atoms with Gasteiger partial charge in [-0.2, -0.15) is 0 Å². The topological polar surface area (TPSA) is 54.3 Å². The summed E-state index contributed by atoms with van der Waals surface area (Å²) in [5, 5.41) is 0. The fourth-order valence-electron chi connectivity index (χ4n) is 3.75. The van der Waals surface area contributed by atoms with E-state index in [0.717, 1.165) is 80.7 Å². The normalized spacial score (nSPS) is 19.4. The monoisotopic (exact) mass is 396 g/mol. The Hall–Kier alpha value is -2.45. The number of fused-ring (bicyclic) bond motifs is 1. The lowest BCUT2D eigenvalue weighted by molar-refractivity contribution is 0.308. The number of aliphatic imine (C=N–C) groups is 1. The first-order valence-electron chi connectivity index (χ1n) is 10.4. The first-order valence-corrected chi connectivity index (χ1v) is 10.4. The van der Waals surface area contributed by atoms with Crippen molar-refractivity contribution in [1.82, 2.24) is 24.7 Å². The Morgan fingerprint density at radius 3 is 1.83 bits per heavy atom. The van der Waals surface area contributed by atoms with E-state index in [1.54, 1.807) is 0 Å². The first kappa shape index (κ1) is 19.8. The summed E-state index contributed by atoms with van der Waals surface area (Å²) >= 11 is 0. The van der Waals surface area contributed by atoms with Crippen LogP contribution in [0, 0.1) is 0 Å². The second kappa shape index (κ2) is 8.51. The molecule has 0 N–H and O–H groups in total. The van der Waals surface area contributed by atoms with Crippen molar-refractivity contribution in [2.24, 2.45) is 4.99 Å². The van der Waals surface area contributed by atoms with Gasteiger partial charge in [0, 0.05) is 66.5 Å². The van der Waals surface area contributed by atoms with Gasteiger partial charge in [0.25, 0.3) is 0 Å². The molecule has 3 heterocycles. The van der Waals surface area contributed by atoms with Crippen LogP contribution in [0.1, 0.15) is 0 Å². The molecule has 0 radical (unpaired) electrons. The van der Waals surface area contributed by atoms with Crippen LogP contribution in [-0.2, 0) is 0 Å². The Bertz CT molecular complexity index is 864. The SMILES string of the molecule is CN(C)/C=N\c1ccc2nc(N3CCN(C)CC3)c(N3CCN(C)CC3)nc2c1. The number of nitrogens with zero attached hydrogens (tertiary/aromatic N) is 8. The highest BCUT2D eigenvalue weighted by Gasteiger charge is 2.25. The van der Waals surface area contributed by atoms with Gasteiger partial charge in [-0.1, -0.05) is 0 Å². The molecule has 2 saturated heterocycles. The quantitative estimate of drug-likeness (QED) is 0.571. The van der Waals surface area contributed by atoms with Crippen molar-refractivity contribution >= 4 is 34.7 Å². The van der Waals surface area contributed by atoms with Crippen LogP contribution in [-0.4, -0.2) is 112 Å². The molecule has 2 fully saturated rings. The van der Waals surface area contributed by atoms with Crippen LogP contribution in [0.4, 0.5) is 17.3 Å². The van der Waals surface area contributed by atoms with E-state index < -0.39 is 0 Å². The van der Waals surface area contributed by atoms with Gasteiger partial charge < -0.3 is 24.5 Å². The number of likely N-dealkylation sites (N-methyl/N-ethyl adjacent to an activating group) is 2. The molecular formula is C21H32N8. The lowest BCUT2D eigenvalue weighted by atomic mass is 10.2. The molecule has 156 valence electrons. The summed E-state index contributed by atoms with van der Waals surface area (Å²) in [6, 6.07) is 6.09. The van der Waals surface area contributed by atoms with E-state index in [1.165, 1.54) is 0 Å². The van der Waals surface area contributed by atoms with Crippen molar-refractivity contribution < 1.29 is 0 Å². The lowest BCUT2D eigenvalue weighted by Crippen LogP contribution is -2.48. The Morgan fingerprint density at radius 2 is 1.31 bits per heavy atom. The molecule has 0 bridgehead atoms. The summed E-state index contributed by atoms with van der Waals surface area (Å²) in [4.78, 5) is 26.2. The summed E-state index contributed by atoms with van der Waals surface area (Å²) in [5.41, 5.74) is 2.74. The van der Waals surface area contributed by atoms with Crippen molar-refractivity contribution in [3.63, 3.8) is 0 Å². The first-order chi connectivity index (χ1) is 14.0. The maximum absolute atomic E-state index is 5.11. The number of aromatic nitrogens is 2. The van der Waals surface area contributed by atoms with Crippen molar-refractivity contribution in [2.45, 2.75) is 0 Å². The maximum atomic E-state index is 5.11. The van der Waals surface area contributed by atoms with Crippen LogP contribution in [0.25, 0.3) is 11.0 Å². The molecule has 0 saturated carbocycles. The smallest absolute Gasteiger partial charge is 0.172 e. The van der Waals surface area contributed by atoms with Gasteiger partial charge >= 0.3 is 0 Å². The molecule has 0 unspecified atom stereocenters. The number of rotatable bonds is 4. The number of benzene rings is 1. The van der Waals surface area contributed by atoms with Crippen molar-refractivity contribution in [3.8, 4) is 0 Å². The van der Waals surface area contributed by atoms with Gasteiger partial charge in [-0.25, -0.2) is 15.0 Å². The predicted octanol–water partition coefficient (Wildman–Crippen LogP) is 1.35. The average molecular weight is 397 g/mol. The second-order valence-electron chi connectivity index (χ2n) is 8.33. The molecular weight excluding hydrogens is 364 g/mol. The average Bonchev–Trinajstić information content (AvgIpc) is 2.72. The van der Waals surface area contributed by atoms with E-state index in [4.69, 9.17) is 9.97 Å². The molecule has 8 nitrogen and oxygen atoms in total. The minimum absolute atomic E-state index is 0.900. The Balaban J connectivity index is 1.73. The van der Waals surface area contributed by atoms with Gasteiger partial charge in [-0.05, 0) is 32.3 Å². The molecule has 1 aromatic carbocycles. The molecule has 2 aliphatic rings. The standard InChI is InChI=1S/C21H32N8/c1-25(2)16-22-17-5-6-18-19(15-17)24-21(29-13-9-27(4)10-14-29)20(23-18)28-11-7-26(3)8-12-28/h5-6,15-16H,7-14H2,1-4H3/b22-16-. The fraction of sp³-hybridized carbons (Fsp3) is 0.571. The van der Waals surface area contributed by atoms with Crippen LogP contribution < -0.4 is 9.80 Å². The summed E-state index contributed by atoms with van der Waals surface area (Å²) < 4.78 is 0. The van der Waals surface area contributed by atoms with Crippen LogP contribution in [0.3, 0.4) is 0 Å². The summed E-state index contributed by atoms with van der Waals surface area (Å²) in [5.74, 6) is 2.04. The molecule has 0 aliphatic carbocycles. The minimum Gasteiger partial charge on any atom is -0.369 e. The Labute approximate surface area is 173 Å². The number of hydrogen-bond donors (Lipinski definition) is 0. The van der Waals surface area contributed by atoms with E-state index in [9.17, 15) is 0 Å². The van der Waals surface area contributed by atoms with Gasteiger partial charge in [-0.3, -0.25) is 0 Å². The highest BCUT2D eigenvalue weighted by Crippen LogP contribution is 2.31. The molecule has 0 spiro atoms. The minimum atomic E-state index is 0.900. The van der Waals surface area contributed by atoms with Crippen molar-refractivity contribution in [3.05, 3.63) is 18.2 Å². The zero-order chi connectivity index (χ0) is 20.4. The zero-order valence-corrected chi connectivity index (χ0v) is 18.0. The van der Waals surface area contributed by atoms with Gasteiger partial charge in [0.2, 0.25) is 0 Å². The van der Waals surface area contributed by atoms with Gasteiger partial charge in [0.15, 0.2) is 11.6 Å². The molecule has 29 heavy (non-hydrogen) atoms. The summed E-state index contributed by atoms with van der Waals surface area (Å²) in [6.45, 7) is 8.15. The molecule has 2 aromatic rings. The van der Waals surface area contributed by atoms with Gasteiger partial charge in [0.05, 0.1) is 23.1 Å². The molecule has 0 amide bonds. The van der Waals surface area contributed by atoms with Crippen molar-refractivity contribution in [2.75, 3.05) is 90.3 Å². The molecule has 2 aliphatic heterocycles. The van der Waals surface area contributed by atoms with E-state index in [1.807, 2.05) is 43.5 Å². The lowest BCUT2D eigenvalue weighted by Gasteiger charge is -2.38. The van der Waals surface area contributed by atoms with Crippen LogP contribution in [0.5, 0.6) is 0 Å². The second-order valence-corrected chi connectivity index (χ2v) is 8.33. The number of piperazine rings is 2. The third-order valence-corrected chi connectivity index (χ3v) is 5.66. The van der Waals surface area contributed by atoms with Crippen LogP contribution in [0.15, 0.2) is 23.2 Å². The fourth-order valence-corrected chi connectivity index (χ4v) is 3.75. The zero-order valence-electron chi connectivity index (χ0n) is 18.0. The molecule has 1 aromatic heterocycles. The van der Waals surface area contributed by atoms with E-state index in [0.29, 0.717) is 0 Å². The maximum Gasteiger partial charge on any atom is 0.172 e. The molecule has 0 atom stereocenters. The number of hydrogen-bond acceptors (Lipinski definition) is 7. The highest BCUT2D eigenvalue weighted by atomic mass is 15.3. The third-order valence-electron chi connectivity index (χ3n) is 5.66. The van der Waals surface area contributed by atoms with Gasteiger partial charge in [0.1, 0.15) is 0 Å². The summed E-state index contributed by atoms with van der Waals surface area (Å²) in [6.07, 6.45) is 1.81. The highest BCUT2D eigenvalue weighted by molar-refractivity contribution is 5.84. The predicted molar refractivity (Wildman–Crippen MR) is 121 cm³/mol. The summed E-state index contributed by atoms with van der Waals surface area (Å²) in [7, 11) is 8.30. The van der Waals surface area contributed by atoms with E-state index in [-0.39, 0.29) is 0 Å². The van der Waals surface area contributed by atoms with Crippen molar-refractivity contribution in [1.29, 1.82) is 0 Å².